The van der Waals surface area contributed by atoms with Crippen LogP contribution in [0.3, 0.4) is 0 Å². The number of amides is 1. The molecule has 184 valence electrons. The fourth-order valence-electron chi connectivity index (χ4n) is 4.04. The van der Waals surface area contributed by atoms with Crippen molar-refractivity contribution in [2.24, 2.45) is 0 Å². The molecule has 2 heterocycles. The van der Waals surface area contributed by atoms with Crippen LogP contribution in [0.25, 0.3) is 0 Å². The Balaban J connectivity index is 1.68. The highest BCUT2D eigenvalue weighted by Gasteiger charge is 2.27. The zero-order chi connectivity index (χ0) is 24.3. The SMILES string of the molecule is CCN(Cc1ccc2c(c1)OCCO2)C(=O)c1cc(S(=O)(=O)N(C)C)ccc1N1CCOCC1. The molecule has 2 aromatic carbocycles. The van der Waals surface area contributed by atoms with Crippen LogP contribution in [0.15, 0.2) is 41.3 Å². The Kier molecular flexibility index (Phi) is 7.30. The van der Waals surface area contributed by atoms with Gasteiger partial charge in [0.15, 0.2) is 11.5 Å². The predicted octanol–water partition coefficient (Wildman–Crippen LogP) is 2.21. The molecule has 0 aromatic heterocycles. The van der Waals surface area contributed by atoms with Gasteiger partial charge in [-0.05, 0) is 42.8 Å². The van der Waals surface area contributed by atoms with Crippen LogP contribution < -0.4 is 14.4 Å². The number of morpholine rings is 1. The summed E-state index contributed by atoms with van der Waals surface area (Å²) in [6.45, 7) is 6.11. The summed E-state index contributed by atoms with van der Waals surface area (Å²) in [6.07, 6.45) is 0. The molecule has 0 atom stereocenters. The molecular weight excluding hydrogens is 458 g/mol. The number of benzene rings is 2. The Labute approximate surface area is 200 Å². The minimum atomic E-state index is -3.69. The molecule has 4 rings (SSSR count). The predicted molar refractivity (Wildman–Crippen MR) is 128 cm³/mol. The Bertz CT molecular complexity index is 1150. The molecule has 2 aliphatic rings. The number of anilines is 1. The molecule has 34 heavy (non-hydrogen) atoms. The van der Waals surface area contributed by atoms with Gasteiger partial charge in [-0.2, -0.15) is 0 Å². The molecule has 0 bridgehead atoms. The Morgan fingerprint density at radius 2 is 1.68 bits per heavy atom. The molecule has 0 radical (unpaired) electrons. The Morgan fingerprint density at radius 1 is 0.971 bits per heavy atom. The minimum Gasteiger partial charge on any atom is -0.486 e. The van der Waals surface area contributed by atoms with Crippen molar-refractivity contribution in [2.45, 2.75) is 18.4 Å². The van der Waals surface area contributed by atoms with E-state index < -0.39 is 10.0 Å². The second-order valence-corrected chi connectivity index (χ2v) is 10.5. The van der Waals surface area contributed by atoms with Gasteiger partial charge >= 0.3 is 0 Å². The maximum Gasteiger partial charge on any atom is 0.256 e. The van der Waals surface area contributed by atoms with Crippen molar-refractivity contribution in [3.05, 3.63) is 47.5 Å². The van der Waals surface area contributed by atoms with Gasteiger partial charge in [-0.25, -0.2) is 12.7 Å². The Hall–Kier alpha value is -2.82. The zero-order valence-corrected chi connectivity index (χ0v) is 20.6. The standard InChI is InChI=1S/C24H31N3O6S/c1-4-26(17-18-5-8-22-23(15-18)33-14-13-32-22)24(28)20-16-19(34(29,30)25(2)3)6-7-21(20)27-9-11-31-12-10-27/h5-8,15-16H,4,9-14,17H2,1-3H3. The molecule has 1 amide bonds. The number of carbonyl (C=O) groups is 1. The first-order valence-corrected chi connectivity index (χ1v) is 12.8. The summed E-state index contributed by atoms with van der Waals surface area (Å²) in [4.78, 5) is 17.7. The number of carbonyl (C=O) groups excluding carboxylic acids is 1. The molecule has 10 heteroatoms. The third-order valence-corrected chi connectivity index (χ3v) is 7.79. The lowest BCUT2D eigenvalue weighted by Crippen LogP contribution is -2.38. The van der Waals surface area contributed by atoms with Crippen LogP contribution in [-0.4, -0.2) is 83.7 Å². The van der Waals surface area contributed by atoms with Gasteiger partial charge in [0.1, 0.15) is 13.2 Å². The molecule has 0 N–H and O–H groups in total. The van der Waals surface area contributed by atoms with Crippen molar-refractivity contribution >= 4 is 21.6 Å². The van der Waals surface area contributed by atoms with Gasteiger partial charge in [-0.1, -0.05) is 6.07 Å². The Morgan fingerprint density at radius 3 is 2.35 bits per heavy atom. The number of ether oxygens (including phenoxy) is 3. The number of rotatable bonds is 7. The number of nitrogens with zero attached hydrogens (tertiary/aromatic N) is 3. The third kappa shape index (κ3) is 4.98. The summed E-state index contributed by atoms with van der Waals surface area (Å²) in [6, 6.07) is 10.4. The van der Waals surface area contributed by atoms with E-state index in [1.54, 1.807) is 17.0 Å². The number of sulfonamides is 1. The van der Waals surface area contributed by atoms with Gasteiger partial charge in [0.25, 0.3) is 5.91 Å². The van der Waals surface area contributed by atoms with E-state index in [0.717, 1.165) is 9.87 Å². The summed E-state index contributed by atoms with van der Waals surface area (Å²) in [7, 11) is -0.735. The average Bonchev–Trinajstić information content (AvgIpc) is 2.86. The van der Waals surface area contributed by atoms with Gasteiger partial charge in [0.05, 0.1) is 23.7 Å². The summed E-state index contributed by atoms with van der Waals surface area (Å²) < 4.78 is 43.5. The van der Waals surface area contributed by atoms with Crippen molar-refractivity contribution in [2.75, 3.05) is 65.1 Å². The average molecular weight is 490 g/mol. The minimum absolute atomic E-state index is 0.0910. The van der Waals surface area contributed by atoms with E-state index in [1.807, 2.05) is 25.1 Å². The highest BCUT2D eigenvalue weighted by atomic mass is 32.2. The van der Waals surface area contributed by atoms with E-state index in [0.29, 0.717) is 75.4 Å². The van der Waals surface area contributed by atoms with E-state index in [4.69, 9.17) is 14.2 Å². The lowest BCUT2D eigenvalue weighted by Gasteiger charge is -2.32. The van der Waals surface area contributed by atoms with E-state index in [-0.39, 0.29) is 10.8 Å². The van der Waals surface area contributed by atoms with Crippen LogP contribution in [0.4, 0.5) is 5.69 Å². The molecule has 0 aliphatic carbocycles. The van der Waals surface area contributed by atoms with Crippen LogP contribution in [-0.2, 0) is 21.3 Å². The van der Waals surface area contributed by atoms with Crippen LogP contribution >= 0.6 is 0 Å². The first kappa shape index (κ1) is 24.3. The molecule has 1 fully saturated rings. The molecule has 9 nitrogen and oxygen atoms in total. The first-order chi connectivity index (χ1) is 16.3. The van der Waals surface area contributed by atoms with Gasteiger partial charge in [0.2, 0.25) is 10.0 Å². The van der Waals surface area contributed by atoms with Crippen molar-refractivity contribution in [1.29, 1.82) is 0 Å². The van der Waals surface area contributed by atoms with Gasteiger partial charge in [-0.15, -0.1) is 0 Å². The maximum atomic E-state index is 13.8. The van der Waals surface area contributed by atoms with Crippen LogP contribution in [0, 0.1) is 0 Å². The summed E-state index contributed by atoms with van der Waals surface area (Å²) >= 11 is 0. The molecule has 2 aromatic rings. The highest BCUT2D eigenvalue weighted by Crippen LogP contribution is 2.32. The number of fused-ring (bicyclic) bond motifs is 1. The molecule has 0 unspecified atom stereocenters. The lowest BCUT2D eigenvalue weighted by molar-refractivity contribution is 0.0751. The van der Waals surface area contributed by atoms with Crippen molar-refractivity contribution in [1.82, 2.24) is 9.21 Å². The first-order valence-electron chi connectivity index (χ1n) is 11.4. The monoisotopic (exact) mass is 489 g/mol. The van der Waals surface area contributed by atoms with Crippen LogP contribution in [0.2, 0.25) is 0 Å². The van der Waals surface area contributed by atoms with Gasteiger partial charge < -0.3 is 24.0 Å². The van der Waals surface area contributed by atoms with Crippen LogP contribution in [0.5, 0.6) is 11.5 Å². The quantitative estimate of drug-likeness (QED) is 0.589. The molecule has 2 aliphatic heterocycles. The van der Waals surface area contributed by atoms with Crippen molar-refractivity contribution in [3.8, 4) is 11.5 Å². The lowest BCUT2D eigenvalue weighted by atomic mass is 10.1. The van der Waals surface area contributed by atoms with E-state index in [1.165, 1.54) is 20.2 Å². The maximum absolute atomic E-state index is 13.8. The number of hydrogen-bond acceptors (Lipinski definition) is 7. The van der Waals surface area contributed by atoms with E-state index in [2.05, 4.69) is 4.90 Å². The largest absolute Gasteiger partial charge is 0.486 e. The molecule has 1 saturated heterocycles. The smallest absolute Gasteiger partial charge is 0.256 e. The fraction of sp³-hybridized carbons (Fsp3) is 0.458. The van der Waals surface area contributed by atoms with Gasteiger partial charge in [0, 0.05) is 46.0 Å². The second kappa shape index (κ2) is 10.2. The van der Waals surface area contributed by atoms with Crippen molar-refractivity contribution < 1.29 is 27.4 Å². The third-order valence-electron chi connectivity index (χ3n) is 5.98. The molecular formula is C24H31N3O6S. The fourth-order valence-corrected chi connectivity index (χ4v) is 4.97. The van der Waals surface area contributed by atoms with Crippen molar-refractivity contribution in [3.63, 3.8) is 0 Å². The summed E-state index contributed by atoms with van der Waals surface area (Å²) in [5.41, 5.74) is 1.99. The van der Waals surface area contributed by atoms with E-state index >= 15 is 0 Å². The normalized spacial score (nSPS) is 15.9. The van der Waals surface area contributed by atoms with E-state index in [9.17, 15) is 13.2 Å². The zero-order valence-electron chi connectivity index (χ0n) is 19.8. The van der Waals surface area contributed by atoms with Crippen LogP contribution in [0.1, 0.15) is 22.8 Å². The highest BCUT2D eigenvalue weighted by molar-refractivity contribution is 7.89. The summed E-state index contributed by atoms with van der Waals surface area (Å²) in [5.74, 6) is 1.13. The topological polar surface area (TPSA) is 88.6 Å². The number of hydrogen-bond donors (Lipinski definition) is 0. The second-order valence-electron chi connectivity index (χ2n) is 8.36. The molecule has 0 saturated carbocycles. The summed E-state index contributed by atoms with van der Waals surface area (Å²) in [5, 5.41) is 0. The molecule has 0 spiro atoms. The van der Waals surface area contributed by atoms with Gasteiger partial charge in [-0.3, -0.25) is 4.79 Å².